The number of hydrogen-bond donors (Lipinski definition) is 3. The van der Waals surface area contributed by atoms with Crippen LogP contribution in [0.3, 0.4) is 0 Å². The van der Waals surface area contributed by atoms with Gasteiger partial charge in [0.15, 0.2) is 0 Å². The second-order valence-electron chi connectivity index (χ2n) is 11.9. The molecule has 1 unspecified atom stereocenters. The van der Waals surface area contributed by atoms with Gasteiger partial charge < -0.3 is 20.6 Å². The summed E-state index contributed by atoms with van der Waals surface area (Å²) >= 11 is 6.29. The molecule has 1 aromatic carbocycles. The van der Waals surface area contributed by atoms with Gasteiger partial charge in [-0.15, -0.1) is 0 Å². The normalized spacial score (nSPS) is 28.8. The van der Waals surface area contributed by atoms with Crippen LogP contribution in [0.4, 0.5) is 11.8 Å². The first-order chi connectivity index (χ1) is 17.9. The fraction of sp³-hybridized carbons (Fsp3) is 0.621. The molecule has 4 aliphatic carbocycles. The maximum absolute atomic E-state index is 9.69. The Kier molecular flexibility index (Phi) is 7.90. The molecule has 6 rings (SSSR count). The van der Waals surface area contributed by atoms with Gasteiger partial charge in [0.1, 0.15) is 17.5 Å². The van der Waals surface area contributed by atoms with Crippen LogP contribution in [0.25, 0.3) is 0 Å². The van der Waals surface area contributed by atoms with Gasteiger partial charge in [-0.05, 0) is 92.8 Å². The summed E-state index contributed by atoms with van der Waals surface area (Å²) in [4.78, 5) is 11.6. The van der Waals surface area contributed by atoms with E-state index in [9.17, 15) is 10.4 Å². The molecule has 0 amide bonds. The summed E-state index contributed by atoms with van der Waals surface area (Å²) in [6, 6.07) is 10.6. The van der Waals surface area contributed by atoms with Crippen LogP contribution in [-0.2, 0) is 6.54 Å². The zero-order valence-electron chi connectivity index (χ0n) is 22.0. The molecule has 0 radical (unpaired) electrons. The molecule has 8 heteroatoms. The molecule has 6 atom stereocenters. The Labute approximate surface area is 225 Å². The topological polar surface area (TPSA) is 97.1 Å². The Hall–Kier alpha value is -2.40. The first-order valence-corrected chi connectivity index (χ1v) is 14.1. The van der Waals surface area contributed by atoms with Crippen LogP contribution in [-0.4, -0.2) is 52.8 Å². The van der Waals surface area contributed by atoms with Crippen molar-refractivity contribution >= 4 is 23.4 Å². The molecule has 4 aliphatic rings. The Morgan fingerprint density at radius 2 is 1.97 bits per heavy atom. The van der Waals surface area contributed by atoms with Gasteiger partial charge in [0.05, 0.1) is 6.20 Å². The lowest BCUT2D eigenvalue weighted by Crippen LogP contribution is -2.60. The molecule has 0 spiro atoms. The molecule has 2 aromatic rings. The monoisotopic (exact) mass is 522 g/mol. The predicted molar refractivity (Wildman–Crippen MR) is 147 cm³/mol. The highest BCUT2D eigenvalue weighted by Gasteiger charge is 2.55. The van der Waals surface area contributed by atoms with Crippen molar-refractivity contribution in [3.05, 3.63) is 46.6 Å². The predicted octanol–water partition coefficient (Wildman–Crippen LogP) is 5.17. The zero-order chi connectivity index (χ0) is 26.0. The maximum Gasteiger partial charge on any atom is 0.224 e. The molecule has 4 saturated carbocycles. The molecular weight excluding hydrogens is 484 g/mol. The van der Waals surface area contributed by atoms with Crippen molar-refractivity contribution in [3.8, 4) is 6.07 Å². The maximum atomic E-state index is 9.69. The van der Waals surface area contributed by atoms with Crippen molar-refractivity contribution in [2.24, 2.45) is 29.1 Å². The van der Waals surface area contributed by atoms with Gasteiger partial charge in [0.25, 0.3) is 0 Å². The summed E-state index contributed by atoms with van der Waals surface area (Å²) in [7, 11) is 2.29. The van der Waals surface area contributed by atoms with E-state index in [2.05, 4.69) is 45.5 Å². The third-order valence-corrected chi connectivity index (χ3v) is 9.45. The van der Waals surface area contributed by atoms with E-state index in [1.54, 1.807) is 6.20 Å². The van der Waals surface area contributed by atoms with Crippen LogP contribution in [0.1, 0.15) is 56.6 Å². The van der Waals surface area contributed by atoms with Crippen LogP contribution in [0.5, 0.6) is 0 Å². The molecule has 7 nitrogen and oxygen atoms in total. The number of nitriles is 1. The van der Waals surface area contributed by atoms with Crippen molar-refractivity contribution in [1.82, 2.24) is 14.9 Å². The summed E-state index contributed by atoms with van der Waals surface area (Å²) in [5, 5.41) is 26.7. The third kappa shape index (κ3) is 5.72. The smallest absolute Gasteiger partial charge is 0.224 e. The molecule has 4 fully saturated rings. The van der Waals surface area contributed by atoms with Crippen LogP contribution in [0.15, 0.2) is 30.5 Å². The number of aliphatic hydroxyl groups is 1. The Balaban J connectivity index is 1.24. The van der Waals surface area contributed by atoms with Crippen molar-refractivity contribution < 1.29 is 5.11 Å². The highest BCUT2D eigenvalue weighted by atomic mass is 35.5. The number of halogens is 1. The van der Waals surface area contributed by atoms with Crippen molar-refractivity contribution in [1.29, 1.82) is 5.26 Å². The SMILES string of the molecule is C[C@H](CO)CCN(C)[C@@H]1[C@@H]2CC3C[C@H]1C[C@@](CNc1nc(NCc4ccccc4Cl)ncc1C#N)(C3)C2. The first-order valence-electron chi connectivity index (χ1n) is 13.7. The Bertz CT molecular complexity index is 1120. The van der Waals surface area contributed by atoms with Gasteiger partial charge in [-0.2, -0.15) is 10.2 Å². The van der Waals surface area contributed by atoms with Crippen molar-refractivity contribution in [2.45, 2.75) is 58.0 Å². The molecular formula is C29H39ClN6O. The van der Waals surface area contributed by atoms with Gasteiger partial charge in [-0.1, -0.05) is 36.7 Å². The molecule has 1 aromatic heterocycles. The molecule has 37 heavy (non-hydrogen) atoms. The van der Waals surface area contributed by atoms with E-state index in [1.165, 1.54) is 32.1 Å². The average molecular weight is 523 g/mol. The van der Waals surface area contributed by atoms with Gasteiger partial charge >= 0.3 is 0 Å². The largest absolute Gasteiger partial charge is 0.396 e. The fourth-order valence-corrected chi connectivity index (χ4v) is 7.74. The minimum atomic E-state index is 0.271. The lowest BCUT2D eigenvalue weighted by molar-refractivity contribution is -0.102. The molecule has 0 saturated heterocycles. The molecule has 1 heterocycles. The zero-order valence-corrected chi connectivity index (χ0v) is 22.7. The van der Waals surface area contributed by atoms with Gasteiger partial charge in [-0.3, -0.25) is 0 Å². The van der Waals surface area contributed by atoms with Crippen LogP contribution in [0, 0.1) is 40.4 Å². The number of nitrogens with zero attached hydrogens (tertiary/aromatic N) is 4. The summed E-state index contributed by atoms with van der Waals surface area (Å²) < 4.78 is 0. The Morgan fingerprint density at radius 3 is 2.68 bits per heavy atom. The van der Waals surface area contributed by atoms with E-state index in [0.717, 1.165) is 42.8 Å². The molecule has 3 N–H and O–H groups in total. The fourth-order valence-electron chi connectivity index (χ4n) is 7.54. The highest BCUT2D eigenvalue weighted by molar-refractivity contribution is 6.31. The quantitative estimate of drug-likeness (QED) is 0.374. The van der Waals surface area contributed by atoms with Crippen LogP contribution in [0.2, 0.25) is 5.02 Å². The lowest BCUT2D eigenvalue weighted by atomic mass is 9.47. The third-order valence-electron chi connectivity index (χ3n) is 9.08. The number of benzene rings is 1. The lowest BCUT2D eigenvalue weighted by Gasteiger charge is -2.62. The second kappa shape index (κ2) is 11.1. The van der Waals surface area contributed by atoms with Gasteiger partial charge in [0.2, 0.25) is 5.95 Å². The Morgan fingerprint density at radius 1 is 1.22 bits per heavy atom. The number of hydrogen-bond acceptors (Lipinski definition) is 7. The van der Waals surface area contributed by atoms with Crippen LogP contribution < -0.4 is 10.6 Å². The van der Waals surface area contributed by atoms with E-state index in [1.807, 2.05) is 24.3 Å². The summed E-state index contributed by atoms with van der Waals surface area (Å²) in [6.07, 6.45) is 9.09. The van der Waals surface area contributed by atoms with Gasteiger partial charge in [-0.25, -0.2) is 4.98 Å². The van der Waals surface area contributed by atoms with E-state index < -0.39 is 0 Å². The molecule has 0 aliphatic heterocycles. The van der Waals surface area contributed by atoms with Gasteiger partial charge in [0, 0.05) is 30.8 Å². The van der Waals surface area contributed by atoms with Crippen LogP contribution >= 0.6 is 11.6 Å². The number of nitrogens with one attached hydrogen (secondary N) is 2. The molecule has 4 bridgehead atoms. The summed E-state index contributed by atoms with van der Waals surface area (Å²) in [5.41, 5.74) is 1.73. The number of aliphatic hydroxyl groups excluding tert-OH is 1. The number of rotatable bonds is 11. The van der Waals surface area contributed by atoms with Crippen molar-refractivity contribution in [3.63, 3.8) is 0 Å². The highest BCUT2D eigenvalue weighted by Crippen LogP contribution is 2.61. The number of anilines is 2. The van der Waals surface area contributed by atoms with Crippen molar-refractivity contribution in [2.75, 3.05) is 37.4 Å². The van der Waals surface area contributed by atoms with E-state index in [4.69, 9.17) is 11.6 Å². The van der Waals surface area contributed by atoms with E-state index in [0.29, 0.717) is 40.9 Å². The average Bonchev–Trinajstić information content (AvgIpc) is 2.89. The number of aromatic nitrogens is 2. The molecule has 198 valence electrons. The summed E-state index contributed by atoms with van der Waals surface area (Å²) in [5.74, 6) is 3.75. The summed E-state index contributed by atoms with van der Waals surface area (Å²) in [6.45, 7) is 4.83. The van der Waals surface area contributed by atoms with E-state index >= 15 is 0 Å². The standard InChI is InChI=1S/C29H39ClN6O/c1-19(17-37)7-8-36(2)26-22-9-20-10-23(26)13-29(11-20,12-22)18-34-27-24(14-31)16-33-28(35-27)32-15-21-5-3-4-6-25(21)30/h3-6,16,19-20,22-23,26,37H,7-13,15,17-18H2,1-2H3,(H2,32,33,34,35)/t19-,20?,22-,23+,26-,29-/m0/s1. The first kappa shape index (κ1) is 26.2. The minimum absolute atomic E-state index is 0.271. The minimum Gasteiger partial charge on any atom is -0.396 e. The second-order valence-corrected chi connectivity index (χ2v) is 12.3. The van der Waals surface area contributed by atoms with E-state index in [-0.39, 0.29) is 12.0 Å².